The smallest absolute Gasteiger partial charge is 0.415 e. The molecule has 0 saturated carbocycles. The predicted molar refractivity (Wildman–Crippen MR) is 145 cm³/mol. The molecule has 0 aliphatic carbocycles. The lowest BCUT2D eigenvalue weighted by Gasteiger charge is -2.19. The third kappa shape index (κ3) is 6.39. The summed E-state index contributed by atoms with van der Waals surface area (Å²) in [6.45, 7) is 2.51. The highest BCUT2D eigenvalue weighted by Gasteiger charge is 2.33. The molecule has 3 heterocycles. The summed E-state index contributed by atoms with van der Waals surface area (Å²) in [5.41, 5.74) is 8.72. The second kappa shape index (κ2) is 12.0. The van der Waals surface area contributed by atoms with Crippen LogP contribution in [0.25, 0.3) is 11.1 Å². The van der Waals surface area contributed by atoms with Crippen LogP contribution in [0.3, 0.4) is 0 Å². The molecule has 1 fully saturated rings. The highest BCUT2D eigenvalue weighted by Crippen LogP contribution is 2.31. The number of hydrogen-bond donors (Lipinski definition) is 3. The van der Waals surface area contributed by atoms with Crippen LogP contribution in [0.4, 0.5) is 16.4 Å². The van der Waals surface area contributed by atoms with Crippen molar-refractivity contribution < 1.29 is 28.5 Å². The molecule has 1 saturated heterocycles. The van der Waals surface area contributed by atoms with Gasteiger partial charge in [-0.25, -0.2) is 9.78 Å². The van der Waals surface area contributed by atoms with Crippen LogP contribution in [0.5, 0.6) is 17.2 Å². The number of cyclic esters (lactones) is 1. The number of ether oxygens (including phenoxy) is 4. The van der Waals surface area contributed by atoms with E-state index in [-0.39, 0.29) is 18.6 Å². The number of methoxy groups -OCH3 is 1. The summed E-state index contributed by atoms with van der Waals surface area (Å²) < 4.78 is 22.0. The average molecular weight is 534 g/mol. The van der Waals surface area contributed by atoms with Crippen LogP contribution in [0, 0.1) is 0 Å². The quantitative estimate of drug-likeness (QED) is 0.318. The van der Waals surface area contributed by atoms with Gasteiger partial charge in [-0.2, -0.15) is 0 Å². The Morgan fingerprint density at radius 1 is 1.13 bits per heavy atom. The summed E-state index contributed by atoms with van der Waals surface area (Å²) in [6, 6.07) is 17.4. The monoisotopic (exact) mass is 533 g/mol. The van der Waals surface area contributed by atoms with E-state index in [9.17, 15) is 9.59 Å². The van der Waals surface area contributed by atoms with Gasteiger partial charge in [0, 0.05) is 19.2 Å². The number of aromatic nitrogens is 1. The highest BCUT2D eigenvalue weighted by molar-refractivity contribution is 5.95. The van der Waals surface area contributed by atoms with Gasteiger partial charge in [0.15, 0.2) is 18.2 Å². The minimum atomic E-state index is -0.462. The standard InChI is InChI=1S/C28H31N5O6/c1-36-22-12-20(13-23(14-22)37-10-8-29)19-4-2-3-18(11-19)15-30-9-7-21-16-33(28(35)39-21)25-6-5-24-27(31-25)32-26(34)17-38-24/h2-6,11-14,21,30H,7-10,15-17,29H2,1H3,(H,31,32,34)/t21-/m0/s1. The van der Waals surface area contributed by atoms with Gasteiger partial charge in [-0.1, -0.05) is 18.2 Å². The summed E-state index contributed by atoms with van der Waals surface area (Å²) in [7, 11) is 1.63. The first kappa shape index (κ1) is 26.3. The molecule has 0 spiro atoms. The minimum Gasteiger partial charge on any atom is -0.497 e. The van der Waals surface area contributed by atoms with Gasteiger partial charge < -0.3 is 35.3 Å². The number of fused-ring (bicyclic) bond motifs is 1. The summed E-state index contributed by atoms with van der Waals surface area (Å²) in [4.78, 5) is 29.9. The molecule has 11 heteroatoms. The molecule has 0 radical (unpaired) electrons. The number of benzene rings is 2. The van der Waals surface area contributed by atoms with Crippen LogP contribution in [0.2, 0.25) is 0 Å². The van der Waals surface area contributed by atoms with Crippen molar-refractivity contribution >= 4 is 23.6 Å². The van der Waals surface area contributed by atoms with E-state index < -0.39 is 6.09 Å². The van der Waals surface area contributed by atoms with Crippen LogP contribution in [-0.4, -0.2) is 63.0 Å². The van der Waals surface area contributed by atoms with Crippen LogP contribution in [0.1, 0.15) is 12.0 Å². The first-order valence-corrected chi connectivity index (χ1v) is 12.8. The van der Waals surface area contributed by atoms with Gasteiger partial charge >= 0.3 is 6.09 Å². The molecule has 2 aromatic carbocycles. The molecule has 0 bridgehead atoms. The van der Waals surface area contributed by atoms with Crippen molar-refractivity contribution in [3.8, 4) is 28.4 Å². The largest absolute Gasteiger partial charge is 0.497 e. The number of pyridine rings is 1. The van der Waals surface area contributed by atoms with E-state index in [1.54, 1.807) is 19.2 Å². The van der Waals surface area contributed by atoms with Gasteiger partial charge in [0.1, 0.15) is 30.0 Å². The van der Waals surface area contributed by atoms with Gasteiger partial charge in [-0.15, -0.1) is 0 Å². The van der Waals surface area contributed by atoms with Crippen molar-refractivity contribution in [2.45, 2.75) is 19.1 Å². The Bertz CT molecular complexity index is 1350. The van der Waals surface area contributed by atoms with E-state index in [2.05, 4.69) is 27.8 Å². The Morgan fingerprint density at radius 3 is 2.85 bits per heavy atom. The fourth-order valence-corrected chi connectivity index (χ4v) is 4.44. The number of carbonyl (C=O) groups is 2. The number of nitrogens with one attached hydrogen (secondary N) is 2. The van der Waals surface area contributed by atoms with Crippen LogP contribution in [-0.2, 0) is 16.1 Å². The molecule has 1 atom stereocenters. The second-order valence-corrected chi connectivity index (χ2v) is 9.17. The van der Waals surface area contributed by atoms with Crippen molar-refractivity contribution in [2.24, 2.45) is 5.73 Å². The minimum absolute atomic E-state index is 0.0503. The number of anilines is 2. The lowest BCUT2D eigenvalue weighted by Crippen LogP contribution is -2.29. The van der Waals surface area contributed by atoms with Crippen LogP contribution < -0.4 is 35.5 Å². The Morgan fingerprint density at radius 2 is 2.00 bits per heavy atom. The number of nitrogens with two attached hydrogens (primary N) is 1. The third-order valence-electron chi connectivity index (χ3n) is 6.35. The number of amides is 2. The van der Waals surface area contributed by atoms with Crippen molar-refractivity contribution in [1.82, 2.24) is 10.3 Å². The molecular formula is C28H31N5O6. The van der Waals surface area contributed by atoms with E-state index in [0.29, 0.717) is 68.1 Å². The molecular weight excluding hydrogens is 502 g/mol. The van der Waals surface area contributed by atoms with Gasteiger partial charge in [-0.3, -0.25) is 9.69 Å². The molecule has 2 amide bonds. The molecule has 3 aromatic rings. The van der Waals surface area contributed by atoms with Crippen molar-refractivity contribution in [1.29, 1.82) is 0 Å². The SMILES string of the molecule is COc1cc(OCCN)cc(-c2cccc(CNCC[C@H]3CN(c4ccc5c(n4)NC(=O)CO5)C(=O)O3)c2)c1. The molecule has 2 aliphatic heterocycles. The first-order valence-electron chi connectivity index (χ1n) is 12.8. The number of carbonyl (C=O) groups excluding carboxylic acids is 2. The Labute approximate surface area is 226 Å². The first-order chi connectivity index (χ1) is 19.0. The molecule has 0 unspecified atom stereocenters. The predicted octanol–water partition coefficient (Wildman–Crippen LogP) is 2.93. The van der Waals surface area contributed by atoms with Crippen molar-refractivity contribution in [3.63, 3.8) is 0 Å². The van der Waals surface area contributed by atoms with Gasteiger partial charge in [-0.05, 0) is 60.0 Å². The van der Waals surface area contributed by atoms with Crippen LogP contribution in [0.15, 0.2) is 54.6 Å². The van der Waals surface area contributed by atoms with Gasteiger partial charge in [0.2, 0.25) is 0 Å². The maximum atomic E-state index is 12.5. The zero-order valence-electron chi connectivity index (χ0n) is 21.6. The number of nitrogens with zero attached hydrogens (tertiary/aromatic N) is 2. The number of rotatable bonds is 11. The molecule has 4 N–H and O–H groups in total. The number of hydrogen-bond acceptors (Lipinski definition) is 9. The average Bonchev–Trinajstić information content (AvgIpc) is 3.33. The maximum absolute atomic E-state index is 12.5. The molecule has 2 aliphatic rings. The van der Waals surface area contributed by atoms with Crippen molar-refractivity contribution in [2.75, 3.05) is 50.2 Å². The molecule has 39 heavy (non-hydrogen) atoms. The van der Waals surface area contributed by atoms with Crippen LogP contribution >= 0.6 is 0 Å². The fraction of sp³-hybridized carbons (Fsp3) is 0.321. The van der Waals surface area contributed by atoms with Crippen molar-refractivity contribution in [3.05, 3.63) is 60.2 Å². The molecule has 11 nitrogen and oxygen atoms in total. The molecule has 5 rings (SSSR count). The Kier molecular flexibility index (Phi) is 8.09. The second-order valence-electron chi connectivity index (χ2n) is 9.17. The lowest BCUT2D eigenvalue weighted by molar-refractivity contribution is -0.118. The summed E-state index contributed by atoms with van der Waals surface area (Å²) in [5.74, 6) is 2.33. The summed E-state index contributed by atoms with van der Waals surface area (Å²) >= 11 is 0. The normalized spacial score (nSPS) is 16.3. The van der Waals surface area contributed by atoms with E-state index in [4.69, 9.17) is 24.7 Å². The highest BCUT2D eigenvalue weighted by atomic mass is 16.6. The van der Waals surface area contributed by atoms with E-state index >= 15 is 0 Å². The maximum Gasteiger partial charge on any atom is 0.415 e. The lowest BCUT2D eigenvalue weighted by atomic mass is 10.0. The zero-order chi connectivity index (χ0) is 27.2. The van der Waals surface area contributed by atoms with Gasteiger partial charge in [0.25, 0.3) is 5.91 Å². The molecule has 1 aromatic heterocycles. The summed E-state index contributed by atoms with van der Waals surface area (Å²) in [6.07, 6.45) is -0.0928. The van der Waals surface area contributed by atoms with Gasteiger partial charge in [0.05, 0.1) is 13.7 Å². The fourth-order valence-electron chi connectivity index (χ4n) is 4.44. The van der Waals surface area contributed by atoms with E-state index in [0.717, 1.165) is 16.7 Å². The third-order valence-corrected chi connectivity index (χ3v) is 6.35. The zero-order valence-corrected chi connectivity index (χ0v) is 21.6. The Hall–Kier alpha value is -4.35. The topological polar surface area (TPSA) is 137 Å². The summed E-state index contributed by atoms with van der Waals surface area (Å²) in [5, 5.41) is 6.09. The Balaban J connectivity index is 1.14. The molecule has 204 valence electrons. The van der Waals surface area contributed by atoms with E-state index in [1.165, 1.54) is 4.90 Å². The van der Waals surface area contributed by atoms with E-state index in [1.807, 2.05) is 30.3 Å².